The minimum absolute atomic E-state index is 0.00849. The van der Waals surface area contributed by atoms with E-state index in [1.807, 2.05) is 22.8 Å². The van der Waals surface area contributed by atoms with Crippen molar-refractivity contribution in [2.24, 2.45) is 5.92 Å². The molecule has 136 valence electrons. The number of hydrogen-bond donors (Lipinski definition) is 0. The number of benzene rings is 1. The van der Waals surface area contributed by atoms with E-state index >= 15 is 0 Å². The van der Waals surface area contributed by atoms with Crippen molar-refractivity contribution >= 4 is 17.3 Å². The first kappa shape index (κ1) is 16.4. The van der Waals surface area contributed by atoms with Gasteiger partial charge in [-0.15, -0.1) is 0 Å². The number of hydrogen-bond acceptors (Lipinski definition) is 3. The Labute approximate surface area is 157 Å². The third-order valence-electron chi connectivity index (χ3n) is 6.34. The summed E-state index contributed by atoms with van der Waals surface area (Å²) in [7, 11) is 0. The summed E-state index contributed by atoms with van der Waals surface area (Å²) in [5.74, 6) is -0.131. The zero-order valence-corrected chi connectivity index (χ0v) is 15.1. The molecule has 0 bridgehead atoms. The molecule has 0 spiro atoms. The van der Waals surface area contributed by atoms with Crippen LogP contribution in [0.25, 0.3) is 0 Å². The summed E-state index contributed by atoms with van der Waals surface area (Å²) in [5, 5.41) is 0. The molecule has 0 radical (unpaired) electrons. The molecule has 4 nitrogen and oxygen atoms in total. The average Bonchev–Trinajstić information content (AvgIpc) is 3.19. The smallest absolute Gasteiger partial charge is 0.203 e. The minimum atomic E-state index is -0.202. The molecule has 2 atom stereocenters. The number of carbonyl (C=O) groups excluding carboxylic acids is 3. The van der Waals surface area contributed by atoms with Gasteiger partial charge >= 0.3 is 0 Å². The highest BCUT2D eigenvalue weighted by atomic mass is 16.1. The fourth-order valence-corrected chi connectivity index (χ4v) is 5.16. The predicted octanol–water partition coefficient (Wildman–Crippen LogP) is 4.14. The SMILES string of the molecule is O=C1C=CC(=O)c2c1c1c(n2CCc2ccccc2)C2CCCCC2C1=O. The van der Waals surface area contributed by atoms with Crippen LogP contribution in [-0.2, 0) is 13.0 Å². The van der Waals surface area contributed by atoms with Crippen molar-refractivity contribution in [1.82, 2.24) is 4.57 Å². The second-order valence-corrected chi connectivity index (χ2v) is 7.79. The lowest BCUT2D eigenvalue weighted by atomic mass is 9.80. The molecule has 0 amide bonds. The van der Waals surface area contributed by atoms with Gasteiger partial charge in [0.25, 0.3) is 0 Å². The maximum atomic E-state index is 13.1. The molecule has 3 aliphatic rings. The summed E-state index contributed by atoms with van der Waals surface area (Å²) in [6.07, 6.45) is 7.46. The number of aryl methyl sites for hydroxylation is 1. The molecule has 0 N–H and O–H groups in total. The van der Waals surface area contributed by atoms with Crippen molar-refractivity contribution < 1.29 is 14.4 Å². The van der Waals surface area contributed by atoms with Gasteiger partial charge in [-0.05, 0) is 37.0 Å². The predicted molar refractivity (Wildman–Crippen MR) is 101 cm³/mol. The molecule has 5 rings (SSSR count). The molecule has 3 aliphatic carbocycles. The molecule has 27 heavy (non-hydrogen) atoms. The Bertz CT molecular complexity index is 996. The topological polar surface area (TPSA) is 56.1 Å². The summed E-state index contributed by atoms with van der Waals surface area (Å²) >= 11 is 0. The van der Waals surface area contributed by atoms with Gasteiger partial charge in [-0.2, -0.15) is 0 Å². The highest BCUT2D eigenvalue weighted by Gasteiger charge is 2.48. The van der Waals surface area contributed by atoms with Gasteiger partial charge in [0.2, 0.25) is 5.78 Å². The molecule has 2 unspecified atom stereocenters. The zero-order chi connectivity index (χ0) is 18.5. The van der Waals surface area contributed by atoms with Gasteiger partial charge in [0.1, 0.15) is 5.69 Å². The molecule has 1 aromatic carbocycles. The van der Waals surface area contributed by atoms with Gasteiger partial charge in [0, 0.05) is 24.1 Å². The largest absolute Gasteiger partial charge is 0.340 e. The minimum Gasteiger partial charge on any atom is -0.340 e. The van der Waals surface area contributed by atoms with E-state index in [4.69, 9.17) is 0 Å². The maximum absolute atomic E-state index is 13.1. The Balaban J connectivity index is 1.65. The maximum Gasteiger partial charge on any atom is 0.203 e. The van der Waals surface area contributed by atoms with Crippen LogP contribution < -0.4 is 0 Å². The normalized spacial score (nSPS) is 23.3. The van der Waals surface area contributed by atoms with Crippen molar-refractivity contribution in [2.45, 2.75) is 44.6 Å². The summed E-state index contributed by atoms with van der Waals surface area (Å²) in [4.78, 5) is 38.4. The molecule has 1 aromatic heterocycles. The first-order valence-corrected chi connectivity index (χ1v) is 9.78. The molecule has 1 heterocycles. The van der Waals surface area contributed by atoms with Crippen LogP contribution in [-0.4, -0.2) is 21.9 Å². The van der Waals surface area contributed by atoms with Crippen LogP contribution in [0.4, 0.5) is 0 Å². The lowest BCUT2D eigenvalue weighted by Crippen LogP contribution is -2.24. The number of Topliss-reactive ketones (excluding diaryl/α,β-unsaturated/α-hetero) is 1. The summed E-state index contributed by atoms with van der Waals surface area (Å²) in [5.41, 5.74) is 3.49. The van der Waals surface area contributed by atoms with Crippen molar-refractivity contribution in [3.05, 3.63) is 70.6 Å². The number of allylic oxidation sites excluding steroid dienone is 2. The lowest BCUT2D eigenvalue weighted by Gasteiger charge is -2.26. The highest BCUT2D eigenvalue weighted by molar-refractivity contribution is 6.26. The number of fused-ring (bicyclic) bond motifs is 5. The van der Waals surface area contributed by atoms with Gasteiger partial charge in [-0.1, -0.05) is 43.2 Å². The standard InChI is InChI=1S/C23H21NO3/c25-17-10-11-18(26)22-19(17)20-21(15-8-4-5-9-16(15)23(20)27)24(22)13-12-14-6-2-1-3-7-14/h1-3,6-7,10-11,15-16H,4-5,8-9,12-13H2. The Kier molecular flexibility index (Phi) is 3.74. The monoisotopic (exact) mass is 359 g/mol. The zero-order valence-electron chi connectivity index (χ0n) is 15.1. The van der Waals surface area contributed by atoms with E-state index in [1.165, 1.54) is 17.7 Å². The number of carbonyl (C=O) groups is 3. The average molecular weight is 359 g/mol. The Morgan fingerprint density at radius 3 is 2.33 bits per heavy atom. The van der Waals surface area contributed by atoms with Gasteiger partial charge in [-0.3, -0.25) is 14.4 Å². The Hall–Kier alpha value is -2.75. The van der Waals surface area contributed by atoms with Crippen molar-refractivity contribution in [3.63, 3.8) is 0 Å². The first-order valence-electron chi connectivity index (χ1n) is 9.78. The summed E-state index contributed by atoms with van der Waals surface area (Å²) in [6.45, 7) is 0.616. The van der Waals surface area contributed by atoms with E-state index in [9.17, 15) is 14.4 Å². The van der Waals surface area contributed by atoms with E-state index in [2.05, 4.69) is 12.1 Å². The van der Waals surface area contributed by atoms with Crippen LogP contribution in [0.15, 0.2) is 42.5 Å². The van der Waals surface area contributed by atoms with E-state index in [1.54, 1.807) is 0 Å². The molecule has 1 saturated carbocycles. The van der Waals surface area contributed by atoms with Crippen LogP contribution >= 0.6 is 0 Å². The van der Waals surface area contributed by atoms with Gasteiger partial charge in [0.15, 0.2) is 11.6 Å². The second kappa shape index (κ2) is 6.15. The molecule has 4 heteroatoms. The number of nitrogens with zero attached hydrogens (tertiary/aromatic N) is 1. The first-order chi connectivity index (χ1) is 13.2. The van der Waals surface area contributed by atoms with E-state index in [-0.39, 0.29) is 29.2 Å². The Morgan fingerprint density at radius 2 is 1.56 bits per heavy atom. The molecule has 2 aromatic rings. The van der Waals surface area contributed by atoms with Crippen LogP contribution in [0.3, 0.4) is 0 Å². The van der Waals surface area contributed by atoms with Gasteiger partial charge in [-0.25, -0.2) is 0 Å². The number of aromatic nitrogens is 1. The van der Waals surface area contributed by atoms with E-state index < -0.39 is 0 Å². The fourth-order valence-electron chi connectivity index (χ4n) is 5.16. The quantitative estimate of drug-likeness (QED) is 0.828. The van der Waals surface area contributed by atoms with Crippen molar-refractivity contribution in [2.75, 3.05) is 0 Å². The third kappa shape index (κ3) is 2.39. The molecule has 0 aliphatic heterocycles. The van der Waals surface area contributed by atoms with Gasteiger partial charge < -0.3 is 4.57 Å². The fraction of sp³-hybridized carbons (Fsp3) is 0.348. The Morgan fingerprint density at radius 1 is 0.852 bits per heavy atom. The van der Waals surface area contributed by atoms with Crippen molar-refractivity contribution in [1.29, 1.82) is 0 Å². The van der Waals surface area contributed by atoms with Crippen molar-refractivity contribution in [3.8, 4) is 0 Å². The highest BCUT2D eigenvalue weighted by Crippen LogP contribution is 2.49. The summed E-state index contributed by atoms with van der Waals surface area (Å²) in [6, 6.07) is 10.1. The number of ketones is 3. The van der Waals surface area contributed by atoms with Crippen LogP contribution in [0.1, 0.15) is 74.1 Å². The van der Waals surface area contributed by atoms with E-state index in [0.717, 1.165) is 37.8 Å². The molecular formula is C23H21NO3. The number of rotatable bonds is 3. The molecule has 0 saturated heterocycles. The lowest BCUT2D eigenvalue weighted by molar-refractivity contribution is 0.0889. The van der Waals surface area contributed by atoms with Crippen LogP contribution in [0, 0.1) is 5.92 Å². The molecular weight excluding hydrogens is 338 g/mol. The third-order valence-corrected chi connectivity index (χ3v) is 6.34. The summed E-state index contributed by atoms with van der Waals surface area (Å²) < 4.78 is 2.01. The molecule has 1 fully saturated rings. The van der Waals surface area contributed by atoms with E-state index in [0.29, 0.717) is 23.4 Å². The second-order valence-electron chi connectivity index (χ2n) is 7.79. The van der Waals surface area contributed by atoms with Gasteiger partial charge in [0.05, 0.1) is 11.1 Å². The van der Waals surface area contributed by atoms with Crippen LogP contribution in [0.2, 0.25) is 0 Å². The van der Waals surface area contributed by atoms with Crippen LogP contribution in [0.5, 0.6) is 0 Å².